The number of imidazole rings is 1. The van der Waals surface area contributed by atoms with Crippen molar-refractivity contribution in [3.63, 3.8) is 0 Å². The predicted molar refractivity (Wildman–Crippen MR) is 109 cm³/mol. The van der Waals surface area contributed by atoms with Gasteiger partial charge < -0.3 is 19.8 Å². The van der Waals surface area contributed by atoms with Gasteiger partial charge in [-0.3, -0.25) is 4.79 Å². The number of halogens is 2. The monoisotopic (exact) mass is 408 g/mol. The molecule has 0 saturated carbocycles. The summed E-state index contributed by atoms with van der Waals surface area (Å²) in [5, 5.41) is 6.28. The highest BCUT2D eigenvalue weighted by molar-refractivity contribution is 5.94. The van der Waals surface area contributed by atoms with Gasteiger partial charge in [0.05, 0.1) is 5.69 Å². The first-order chi connectivity index (χ1) is 12.3. The fourth-order valence-corrected chi connectivity index (χ4v) is 2.99. The van der Waals surface area contributed by atoms with Crippen LogP contribution in [-0.4, -0.2) is 34.4 Å². The van der Waals surface area contributed by atoms with Crippen LogP contribution in [0.1, 0.15) is 22.5 Å². The summed E-state index contributed by atoms with van der Waals surface area (Å²) in [6.07, 6.45) is 4.86. The number of ether oxygens (including phenoxy) is 1. The third kappa shape index (κ3) is 5.13. The van der Waals surface area contributed by atoms with Crippen molar-refractivity contribution in [3.05, 3.63) is 66.1 Å². The quantitative estimate of drug-likeness (QED) is 0.680. The highest BCUT2D eigenvalue weighted by atomic mass is 35.5. The Balaban J connectivity index is 0.00000131. The summed E-state index contributed by atoms with van der Waals surface area (Å²) in [7, 11) is 0. The van der Waals surface area contributed by atoms with E-state index in [0.717, 1.165) is 30.9 Å². The second kappa shape index (κ2) is 9.60. The number of benzene rings is 1. The van der Waals surface area contributed by atoms with Crippen molar-refractivity contribution in [2.75, 3.05) is 13.1 Å². The lowest BCUT2D eigenvalue weighted by Gasteiger charge is -2.12. The van der Waals surface area contributed by atoms with Crippen LogP contribution in [0.4, 0.5) is 0 Å². The number of carbonyl (C=O) groups excluding carboxylic acids is 1. The third-order valence-electron chi connectivity index (χ3n) is 4.29. The van der Waals surface area contributed by atoms with E-state index in [1.165, 1.54) is 0 Å². The number of pyridine rings is 1. The fourth-order valence-electron chi connectivity index (χ4n) is 2.99. The molecule has 27 heavy (non-hydrogen) atoms. The molecule has 0 bridgehead atoms. The smallest absolute Gasteiger partial charge is 0.251 e. The summed E-state index contributed by atoms with van der Waals surface area (Å²) in [6, 6.07) is 13.3. The standard InChI is InChI=1S/C19H20N4O2.2ClH/c24-19(22-15-7-8-20-11-15)14-4-3-5-17(10-14)25-13-16-12-23-9-2-1-6-18(23)21-16;;/h1-6,9-10,12,15,20H,7-8,11,13H2,(H,22,24);2*1H. The Morgan fingerprint density at radius 1 is 1.26 bits per heavy atom. The maximum atomic E-state index is 12.3. The average Bonchev–Trinajstić information content (AvgIpc) is 3.29. The van der Waals surface area contributed by atoms with E-state index < -0.39 is 0 Å². The number of hydrogen-bond acceptors (Lipinski definition) is 4. The summed E-state index contributed by atoms with van der Waals surface area (Å²) >= 11 is 0. The van der Waals surface area contributed by atoms with Gasteiger partial charge in [0.2, 0.25) is 0 Å². The molecular weight excluding hydrogens is 387 g/mol. The number of carbonyl (C=O) groups is 1. The topological polar surface area (TPSA) is 67.7 Å². The average molecular weight is 409 g/mol. The minimum Gasteiger partial charge on any atom is -0.487 e. The highest BCUT2D eigenvalue weighted by Gasteiger charge is 2.17. The molecule has 1 aliphatic rings. The van der Waals surface area contributed by atoms with Crippen molar-refractivity contribution in [2.24, 2.45) is 0 Å². The van der Waals surface area contributed by atoms with Crippen LogP contribution in [0.25, 0.3) is 5.65 Å². The Kier molecular flexibility index (Phi) is 7.47. The van der Waals surface area contributed by atoms with Crippen molar-refractivity contribution in [1.82, 2.24) is 20.0 Å². The highest BCUT2D eigenvalue weighted by Crippen LogP contribution is 2.16. The molecule has 8 heteroatoms. The van der Waals surface area contributed by atoms with E-state index in [0.29, 0.717) is 17.9 Å². The normalized spacial score (nSPS) is 15.6. The summed E-state index contributed by atoms with van der Waals surface area (Å²) in [5.41, 5.74) is 2.34. The van der Waals surface area contributed by atoms with Crippen LogP contribution in [0.5, 0.6) is 5.75 Å². The zero-order valence-electron chi connectivity index (χ0n) is 14.6. The minimum atomic E-state index is -0.0631. The molecular formula is C19H22Cl2N4O2. The number of nitrogens with one attached hydrogen (secondary N) is 2. The molecule has 1 unspecified atom stereocenters. The van der Waals surface area contributed by atoms with Crippen LogP contribution >= 0.6 is 24.8 Å². The first kappa shape index (κ1) is 21.0. The van der Waals surface area contributed by atoms with Gasteiger partial charge in [-0.25, -0.2) is 4.98 Å². The van der Waals surface area contributed by atoms with Gasteiger partial charge in [-0.05, 0) is 43.3 Å². The molecule has 144 valence electrons. The molecule has 2 aromatic heterocycles. The number of nitrogens with zero attached hydrogens (tertiary/aromatic N) is 2. The van der Waals surface area contributed by atoms with Gasteiger partial charge in [0, 0.05) is 30.5 Å². The molecule has 3 aromatic rings. The van der Waals surface area contributed by atoms with Gasteiger partial charge in [0.1, 0.15) is 18.0 Å². The lowest BCUT2D eigenvalue weighted by atomic mass is 10.1. The Morgan fingerprint density at radius 3 is 2.93 bits per heavy atom. The zero-order chi connectivity index (χ0) is 17.1. The van der Waals surface area contributed by atoms with Crippen molar-refractivity contribution in [2.45, 2.75) is 19.1 Å². The van der Waals surface area contributed by atoms with Crippen molar-refractivity contribution in [1.29, 1.82) is 0 Å². The molecule has 4 rings (SSSR count). The van der Waals surface area contributed by atoms with Gasteiger partial charge in [-0.2, -0.15) is 0 Å². The summed E-state index contributed by atoms with van der Waals surface area (Å²) in [6.45, 7) is 2.14. The lowest BCUT2D eigenvalue weighted by molar-refractivity contribution is 0.0939. The van der Waals surface area contributed by atoms with E-state index in [1.54, 1.807) is 12.1 Å². The fraction of sp³-hybridized carbons (Fsp3) is 0.263. The largest absolute Gasteiger partial charge is 0.487 e. The van der Waals surface area contributed by atoms with E-state index in [2.05, 4.69) is 15.6 Å². The van der Waals surface area contributed by atoms with E-state index in [-0.39, 0.29) is 36.8 Å². The molecule has 0 radical (unpaired) electrons. The van der Waals surface area contributed by atoms with Crippen molar-refractivity contribution < 1.29 is 9.53 Å². The Labute approximate surface area is 170 Å². The molecule has 2 N–H and O–H groups in total. The first-order valence-electron chi connectivity index (χ1n) is 8.45. The minimum absolute atomic E-state index is 0. The SMILES string of the molecule is Cl.Cl.O=C(NC1CCNC1)c1cccc(OCc2cn3ccccc3n2)c1. The Hall–Kier alpha value is -2.28. The molecule has 0 aliphatic carbocycles. The van der Waals surface area contributed by atoms with Crippen molar-refractivity contribution in [3.8, 4) is 5.75 Å². The van der Waals surface area contributed by atoms with Gasteiger partial charge >= 0.3 is 0 Å². The van der Waals surface area contributed by atoms with Gasteiger partial charge in [-0.1, -0.05) is 12.1 Å². The molecule has 1 aliphatic heterocycles. The van der Waals surface area contributed by atoms with Crippen LogP contribution in [0.2, 0.25) is 0 Å². The Bertz CT molecular complexity index is 861. The summed E-state index contributed by atoms with van der Waals surface area (Å²) < 4.78 is 7.77. The van der Waals surface area contributed by atoms with E-state index in [1.807, 2.05) is 47.1 Å². The van der Waals surface area contributed by atoms with Crippen LogP contribution in [0.3, 0.4) is 0 Å². The molecule has 6 nitrogen and oxygen atoms in total. The second-order valence-electron chi connectivity index (χ2n) is 6.18. The predicted octanol–water partition coefficient (Wildman–Crippen LogP) is 2.85. The van der Waals surface area contributed by atoms with Crippen LogP contribution in [-0.2, 0) is 6.61 Å². The third-order valence-corrected chi connectivity index (χ3v) is 4.29. The molecule has 1 aromatic carbocycles. The first-order valence-corrected chi connectivity index (χ1v) is 8.45. The molecule has 1 saturated heterocycles. The molecule has 1 amide bonds. The van der Waals surface area contributed by atoms with Gasteiger partial charge in [-0.15, -0.1) is 24.8 Å². The zero-order valence-corrected chi connectivity index (χ0v) is 16.3. The van der Waals surface area contributed by atoms with E-state index >= 15 is 0 Å². The van der Waals surface area contributed by atoms with Crippen LogP contribution in [0, 0.1) is 0 Å². The number of rotatable bonds is 5. The maximum Gasteiger partial charge on any atom is 0.251 e. The van der Waals surface area contributed by atoms with Gasteiger partial charge in [0.25, 0.3) is 5.91 Å². The van der Waals surface area contributed by atoms with Crippen molar-refractivity contribution >= 4 is 36.4 Å². The van der Waals surface area contributed by atoms with E-state index in [9.17, 15) is 4.79 Å². The molecule has 0 spiro atoms. The number of hydrogen-bond donors (Lipinski definition) is 2. The Morgan fingerprint density at radius 2 is 2.15 bits per heavy atom. The molecule has 1 atom stereocenters. The molecule has 3 heterocycles. The van der Waals surface area contributed by atoms with Crippen LogP contribution < -0.4 is 15.4 Å². The number of fused-ring (bicyclic) bond motifs is 1. The second-order valence-corrected chi connectivity index (χ2v) is 6.18. The summed E-state index contributed by atoms with van der Waals surface area (Å²) in [4.78, 5) is 16.8. The number of amides is 1. The number of aromatic nitrogens is 2. The lowest BCUT2D eigenvalue weighted by Crippen LogP contribution is -2.36. The summed E-state index contributed by atoms with van der Waals surface area (Å²) in [5.74, 6) is 0.598. The molecule has 1 fully saturated rings. The van der Waals surface area contributed by atoms with E-state index in [4.69, 9.17) is 4.74 Å². The van der Waals surface area contributed by atoms with Gasteiger partial charge in [0.15, 0.2) is 0 Å². The maximum absolute atomic E-state index is 12.3. The van der Waals surface area contributed by atoms with Crippen LogP contribution in [0.15, 0.2) is 54.9 Å².